The van der Waals surface area contributed by atoms with Gasteiger partial charge >= 0.3 is 0 Å². The normalized spacial score (nSPS) is 20.5. The molecule has 0 aromatic carbocycles. The van der Waals surface area contributed by atoms with Gasteiger partial charge in [0, 0.05) is 25.8 Å². The lowest BCUT2D eigenvalue weighted by Crippen LogP contribution is -2.45. The molecule has 3 rings (SSSR count). The van der Waals surface area contributed by atoms with Gasteiger partial charge in [0.1, 0.15) is 11.9 Å². The zero-order valence-electron chi connectivity index (χ0n) is 15.8. The molecule has 0 saturated carbocycles. The van der Waals surface area contributed by atoms with Crippen molar-refractivity contribution >= 4 is 23.6 Å². The smallest absolute Gasteiger partial charge is 0.247 e. The zero-order valence-corrected chi connectivity index (χ0v) is 15.8. The first-order valence-corrected chi connectivity index (χ1v) is 9.65. The molecule has 148 valence electrons. The summed E-state index contributed by atoms with van der Waals surface area (Å²) in [4.78, 5) is 37.4. The van der Waals surface area contributed by atoms with E-state index < -0.39 is 6.04 Å². The lowest BCUT2D eigenvalue weighted by atomic mass is 10.1. The van der Waals surface area contributed by atoms with Gasteiger partial charge in [-0.3, -0.25) is 14.9 Å². The fourth-order valence-corrected chi connectivity index (χ4v) is 3.45. The minimum atomic E-state index is -0.638. The van der Waals surface area contributed by atoms with Crippen molar-refractivity contribution in [1.29, 1.82) is 5.26 Å². The molecular formula is C19H25N7O2. The van der Waals surface area contributed by atoms with Gasteiger partial charge in [-0.1, -0.05) is 6.07 Å². The Morgan fingerprint density at radius 1 is 1.25 bits per heavy atom. The summed E-state index contributed by atoms with van der Waals surface area (Å²) in [6.45, 7) is 2.19. The number of amides is 2. The van der Waals surface area contributed by atoms with Crippen molar-refractivity contribution in [2.45, 2.75) is 38.1 Å². The van der Waals surface area contributed by atoms with Crippen LogP contribution in [-0.2, 0) is 9.59 Å². The lowest BCUT2D eigenvalue weighted by Gasteiger charge is -2.25. The molecule has 9 nitrogen and oxygen atoms in total. The summed E-state index contributed by atoms with van der Waals surface area (Å²) >= 11 is 0. The average Bonchev–Trinajstić information content (AvgIpc) is 3.19. The number of nitriles is 1. The number of carbonyl (C=O) groups is 2. The Balaban J connectivity index is 1.70. The average molecular weight is 383 g/mol. The molecule has 0 spiro atoms. The standard InChI is InChI=1S/C19H25N7O2/c20-14-22-19(24-16-8-1-3-9-21-16)23-15-7-2-4-12-26(18(15)28)13-17(27)25-10-5-6-11-25/h1,3,8-9,15H,2,4-7,10-13H2,(H2,21,22,23,24). The molecule has 28 heavy (non-hydrogen) atoms. The van der Waals surface area contributed by atoms with Crippen molar-refractivity contribution in [3.63, 3.8) is 0 Å². The zero-order chi connectivity index (χ0) is 19.8. The number of likely N-dealkylation sites (tertiary alicyclic amines) is 2. The molecule has 9 heteroatoms. The Morgan fingerprint density at radius 2 is 2.04 bits per heavy atom. The fraction of sp³-hybridized carbons (Fsp3) is 0.526. The largest absolute Gasteiger partial charge is 0.341 e. The van der Waals surface area contributed by atoms with Gasteiger partial charge in [-0.15, -0.1) is 0 Å². The number of hydrogen-bond donors (Lipinski definition) is 2. The van der Waals surface area contributed by atoms with Gasteiger partial charge in [-0.05, 0) is 44.2 Å². The fourth-order valence-electron chi connectivity index (χ4n) is 3.45. The van der Waals surface area contributed by atoms with Crippen LogP contribution in [-0.4, -0.2) is 64.8 Å². The quantitative estimate of drug-likeness (QED) is 0.346. The first-order valence-electron chi connectivity index (χ1n) is 9.65. The Morgan fingerprint density at radius 3 is 2.75 bits per heavy atom. The van der Waals surface area contributed by atoms with E-state index in [4.69, 9.17) is 5.26 Å². The van der Waals surface area contributed by atoms with E-state index in [0.717, 1.165) is 38.8 Å². The van der Waals surface area contributed by atoms with Crippen molar-refractivity contribution < 1.29 is 9.59 Å². The van der Waals surface area contributed by atoms with E-state index in [1.54, 1.807) is 23.2 Å². The van der Waals surface area contributed by atoms with Gasteiger partial charge in [-0.25, -0.2) is 9.98 Å². The van der Waals surface area contributed by atoms with Gasteiger partial charge in [0.05, 0.1) is 6.54 Å². The number of nitrogens with zero attached hydrogens (tertiary/aromatic N) is 5. The van der Waals surface area contributed by atoms with Crippen molar-refractivity contribution in [3.8, 4) is 6.19 Å². The topological polar surface area (TPSA) is 114 Å². The number of guanidine groups is 1. The summed E-state index contributed by atoms with van der Waals surface area (Å²) in [5.41, 5.74) is 0. The molecule has 1 aromatic rings. The summed E-state index contributed by atoms with van der Waals surface area (Å²) < 4.78 is 0. The molecule has 2 N–H and O–H groups in total. The molecule has 2 aliphatic rings. The van der Waals surface area contributed by atoms with Crippen LogP contribution >= 0.6 is 0 Å². The van der Waals surface area contributed by atoms with Crippen LogP contribution in [0.25, 0.3) is 0 Å². The molecule has 2 saturated heterocycles. The maximum Gasteiger partial charge on any atom is 0.247 e. The Kier molecular flexibility index (Phi) is 6.78. The third kappa shape index (κ3) is 5.19. The summed E-state index contributed by atoms with van der Waals surface area (Å²) in [6, 6.07) is 4.69. The van der Waals surface area contributed by atoms with Crippen LogP contribution in [0, 0.1) is 11.5 Å². The number of aliphatic imine (C=N–C) groups is 1. The molecule has 1 atom stereocenters. The molecular weight excluding hydrogens is 358 g/mol. The summed E-state index contributed by atoms with van der Waals surface area (Å²) in [5, 5.41) is 14.4. The second kappa shape index (κ2) is 9.69. The second-order valence-electron chi connectivity index (χ2n) is 6.91. The third-order valence-corrected chi connectivity index (χ3v) is 4.91. The molecule has 0 aliphatic carbocycles. The highest BCUT2D eigenvalue weighted by atomic mass is 16.2. The summed E-state index contributed by atoms with van der Waals surface area (Å²) in [5.74, 6) is 0.515. The SMILES string of the molecule is N#CNC(=NC1CCCCN(CC(=O)N2CCCC2)C1=O)Nc1ccccn1. The highest BCUT2D eigenvalue weighted by Crippen LogP contribution is 2.17. The van der Waals surface area contributed by atoms with E-state index in [9.17, 15) is 9.59 Å². The van der Waals surface area contributed by atoms with Crippen molar-refractivity contribution in [1.82, 2.24) is 20.1 Å². The maximum atomic E-state index is 13.0. The Hall–Kier alpha value is -3.15. The monoisotopic (exact) mass is 383 g/mol. The maximum absolute atomic E-state index is 13.0. The van der Waals surface area contributed by atoms with Crippen LogP contribution in [0.5, 0.6) is 0 Å². The van der Waals surface area contributed by atoms with Gasteiger partial charge in [0.15, 0.2) is 6.19 Å². The number of pyridine rings is 1. The lowest BCUT2D eigenvalue weighted by molar-refractivity contribution is -0.140. The Labute approximate surface area is 164 Å². The highest BCUT2D eigenvalue weighted by molar-refractivity contribution is 5.96. The van der Waals surface area contributed by atoms with E-state index in [2.05, 4.69) is 20.6 Å². The predicted octanol–water partition coefficient (Wildman–Crippen LogP) is 0.924. The summed E-state index contributed by atoms with van der Waals surface area (Å²) in [6.07, 6.45) is 7.74. The molecule has 2 aliphatic heterocycles. The number of nitrogens with one attached hydrogen (secondary N) is 2. The number of aromatic nitrogens is 1. The van der Waals surface area contributed by atoms with E-state index in [1.807, 2.05) is 17.2 Å². The highest BCUT2D eigenvalue weighted by Gasteiger charge is 2.30. The van der Waals surface area contributed by atoms with Crippen molar-refractivity contribution in [2.24, 2.45) is 4.99 Å². The van der Waals surface area contributed by atoms with E-state index in [1.165, 1.54) is 0 Å². The van der Waals surface area contributed by atoms with Crippen LogP contribution in [0.15, 0.2) is 29.4 Å². The Bertz CT molecular complexity index is 753. The molecule has 2 amide bonds. The number of hydrogen-bond acceptors (Lipinski definition) is 5. The van der Waals surface area contributed by atoms with Gasteiger partial charge in [-0.2, -0.15) is 5.26 Å². The number of rotatable bonds is 4. The van der Waals surface area contributed by atoms with Crippen LogP contribution < -0.4 is 10.6 Å². The minimum Gasteiger partial charge on any atom is -0.341 e. The van der Waals surface area contributed by atoms with Crippen LogP contribution in [0.3, 0.4) is 0 Å². The van der Waals surface area contributed by atoms with Crippen LogP contribution in [0.4, 0.5) is 5.82 Å². The van der Waals surface area contributed by atoms with Gasteiger partial charge in [0.25, 0.3) is 0 Å². The number of anilines is 1. The van der Waals surface area contributed by atoms with Crippen molar-refractivity contribution in [2.75, 3.05) is 31.5 Å². The van der Waals surface area contributed by atoms with Crippen LogP contribution in [0.1, 0.15) is 32.1 Å². The summed E-state index contributed by atoms with van der Waals surface area (Å²) in [7, 11) is 0. The molecule has 3 heterocycles. The minimum absolute atomic E-state index is 0.00235. The predicted molar refractivity (Wildman–Crippen MR) is 104 cm³/mol. The molecule has 2 fully saturated rings. The van der Waals surface area contributed by atoms with E-state index >= 15 is 0 Å². The molecule has 1 aromatic heterocycles. The first-order chi connectivity index (χ1) is 13.7. The molecule has 0 radical (unpaired) electrons. The van der Waals surface area contributed by atoms with Gasteiger partial charge in [0.2, 0.25) is 17.8 Å². The first kappa shape index (κ1) is 19.6. The van der Waals surface area contributed by atoms with Gasteiger partial charge < -0.3 is 15.1 Å². The second-order valence-corrected chi connectivity index (χ2v) is 6.91. The number of carbonyl (C=O) groups excluding carboxylic acids is 2. The van der Waals surface area contributed by atoms with Crippen LogP contribution in [0.2, 0.25) is 0 Å². The van der Waals surface area contributed by atoms with Crippen molar-refractivity contribution in [3.05, 3.63) is 24.4 Å². The van der Waals surface area contributed by atoms with E-state index in [0.29, 0.717) is 18.8 Å². The van der Waals surface area contributed by atoms with E-state index in [-0.39, 0.29) is 24.3 Å². The molecule has 1 unspecified atom stereocenters. The molecule has 0 bridgehead atoms. The third-order valence-electron chi connectivity index (χ3n) is 4.91.